The highest BCUT2D eigenvalue weighted by molar-refractivity contribution is 14.0. The van der Waals surface area contributed by atoms with E-state index in [2.05, 4.69) is 52.1 Å². The standard InChI is InChI=1S/C20H30N4O.HI/c1-4-12-21-20(22-16-19(25)23(2)3)24-13-10-18(11-14-24)15-17-8-6-5-7-9-17;/h4-9,18H,1,10-16H2,2-3H3,(H,21,22);1H. The van der Waals surface area contributed by atoms with Crippen LogP contribution in [0.2, 0.25) is 0 Å². The van der Waals surface area contributed by atoms with Crippen molar-refractivity contribution in [2.75, 3.05) is 40.3 Å². The van der Waals surface area contributed by atoms with E-state index in [0.717, 1.165) is 38.3 Å². The van der Waals surface area contributed by atoms with Crippen LogP contribution in [0.15, 0.2) is 48.0 Å². The molecule has 1 saturated heterocycles. The largest absolute Gasteiger partial charge is 0.353 e. The molecule has 1 N–H and O–H groups in total. The minimum Gasteiger partial charge on any atom is -0.353 e. The van der Waals surface area contributed by atoms with Gasteiger partial charge in [0.25, 0.3) is 0 Å². The SMILES string of the molecule is C=CCNC(=NCC(=O)N(C)C)N1CCC(Cc2ccccc2)CC1.I. The Kier molecular flexibility index (Phi) is 10.3. The number of aliphatic imine (C=N–C) groups is 1. The first-order valence-corrected chi connectivity index (χ1v) is 8.98. The maximum absolute atomic E-state index is 11.8. The molecule has 6 heteroatoms. The molecule has 1 aliphatic rings. The predicted octanol–water partition coefficient (Wildman–Crippen LogP) is 2.78. The number of piperidine rings is 1. The summed E-state index contributed by atoms with van der Waals surface area (Å²) in [5.74, 6) is 1.54. The fourth-order valence-electron chi connectivity index (χ4n) is 3.01. The van der Waals surface area contributed by atoms with Crippen LogP contribution in [0.25, 0.3) is 0 Å². The third kappa shape index (κ3) is 7.35. The lowest BCUT2D eigenvalue weighted by Crippen LogP contribution is -2.46. The van der Waals surface area contributed by atoms with Gasteiger partial charge >= 0.3 is 0 Å². The molecule has 1 heterocycles. The molecule has 1 aliphatic heterocycles. The smallest absolute Gasteiger partial charge is 0.243 e. The van der Waals surface area contributed by atoms with E-state index in [-0.39, 0.29) is 36.4 Å². The Morgan fingerprint density at radius 2 is 1.96 bits per heavy atom. The number of likely N-dealkylation sites (N-methyl/N-ethyl adjacent to an activating group) is 1. The topological polar surface area (TPSA) is 47.9 Å². The normalized spacial score (nSPS) is 15.2. The summed E-state index contributed by atoms with van der Waals surface area (Å²) in [7, 11) is 3.51. The first-order valence-electron chi connectivity index (χ1n) is 8.98. The van der Waals surface area contributed by atoms with Gasteiger partial charge in [0.1, 0.15) is 6.54 Å². The van der Waals surface area contributed by atoms with Crippen molar-refractivity contribution in [1.82, 2.24) is 15.1 Å². The highest BCUT2D eigenvalue weighted by Gasteiger charge is 2.22. The van der Waals surface area contributed by atoms with Crippen molar-refractivity contribution in [3.8, 4) is 0 Å². The van der Waals surface area contributed by atoms with E-state index < -0.39 is 0 Å². The van der Waals surface area contributed by atoms with Gasteiger partial charge in [0.2, 0.25) is 5.91 Å². The number of halogens is 1. The van der Waals surface area contributed by atoms with Crippen LogP contribution in [0.1, 0.15) is 18.4 Å². The van der Waals surface area contributed by atoms with Crippen LogP contribution in [0.5, 0.6) is 0 Å². The molecule has 1 aromatic carbocycles. The van der Waals surface area contributed by atoms with E-state index >= 15 is 0 Å². The molecule has 0 bridgehead atoms. The molecule has 0 aliphatic carbocycles. The zero-order chi connectivity index (χ0) is 18.1. The quantitative estimate of drug-likeness (QED) is 0.301. The molecule has 0 saturated carbocycles. The molecule has 1 amide bonds. The molecular weight excluding hydrogens is 439 g/mol. The van der Waals surface area contributed by atoms with E-state index in [0.29, 0.717) is 12.5 Å². The molecule has 144 valence electrons. The third-order valence-electron chi connectivity index (χ3n) is 4.55. The molecule has 1 aromatic rings. The summed E-state index contributed by atoms with van der Waals surface area (Å²) in [6, 6.07) is 10.7. The lowest BCUT2D eigenvalue weighted by atomic mass is 9.90. The molecule has 0 spiro atoms. The predicted molar refractivity (Wildman–Crippen MR) is 119 cm³/mol. The zero-order valence-electron chi connectivity index (χ0n) is 15.9. The van der Waals surface area contributed by atoms with Gasteiger partial charge in [-0.1, -0.05) is 36.4 Å². The van der Waals surface area contributed by atoms with Crippen LogP contribution in [-0.2, 0) is 11.2 Å². The third-order valence-corrected chi connectivity index (χ3v) is 4.55. The van der Waals surface area contributed by atoms with Gasteiger partial charge in [-0.2, -0.15) is 0 Å². The number of hydrogen-bond donors (Lipinski definition) is 1. The van der Waals surface area contributed by atoms with Crippen LogP contribution in [0.4, 0.5) is 0 Å². The molecule has 0 radical (unpaired) electrons. The Morgan fingerprint density at radius 1 is 1.31 bits per heavy atom. The van der Waals surface area contributed by atoms with E-state index in [1.54, 1.807) is 19.0 Å². The Labute approximate surface area is 174 Å². The number of benzene rings is 1. The molecule has 0 atom stereocenters. The first kappa shape index (κ1) is 22.5. The van der Waals surface area contributed by atoms with Crippen LogP contribution in [0.3, 0.4) is 0 Å². The second-order valence-corrected chi connectivity index (χ2v) is 6.72. The van der Waals surface area contributed by atoms with E-state index in [4.69, 9.17) is 0 Å². The second kappa shape index (κ2) is 11.9. The maximum Gasteiger partial charge on any atom is 0.243 e. The molecule has 1 fully saturated rings. The number of hydrogen-bond acceptors (Lipinski definition) is 2. The molecular formula is C20H31IN4O. The van der Waals surface area contributed by atoms with E-state index in [9.17, 15) is 4.79 Å². The Balaban J connectivity index is 0.00000338. The molecule has 0 unspecified atom stereocenters. The van der Waals surface area contributed by atoms with Gasteiger partial charge in [-0.15, -0.1) is 30.6 Å². The van der Waals surface area contributed by atoms with Gasteiger partial charge in [0.15, 0.2) is 5.96 Å². The average molecular weight is 470 g/mol. The summed E-state index contributed by atoms with van der Waals surface area (Å²) in [5, 5.41) is 3.29. The van der Waals surface area contributed by atoms with Crippen molar-refractivity contribution < 1.29 is 4.79 Å². The van der Waals surface area contributed by atoms with Crippen LogP contribution in [-0.4, -0.2) is 61.9 Å². The molecule has 26 heavy (non-hydrogen) atoms. The number of carbonyl (C=O) groups is 1. The number of rotatable bonds is 6. The highest BCUT2D eigenvalue weighted by Crippen LogP contribution is 2.21. The zero-order valence-corrected chi connectivity index (χ0v) is 18.2. The van der Waals surface area contributed by atoms with Gasteiger partial charge in [-0.25, -0.2) is 4.99 Å². The minimum atomic E-state index is 0. The van der Waals surface area contributed by atoms with Crippen molar-refractivity contribution in [3.05, 3.63) is 48.6 Å². The molecule has 5 nitrogen and oxygen atoms in total. The van der Waals surface area contributed by atoms with Crippen LogP contribution >= 0.6 is 24.0 Å². The fourth-order valence-corrected chi connectivity index (χ4v) is 3.01. The van der Waals surface area contributed by atoms with E-state index in [1.807, 2.05) is 6.08 Å². The summed E-state index contributed by atoms with van der Waals surface area (Å²) in [6.07, 6.45) is 5.24. The van der Waals surface area contributed by atoms with Gasteiger partial charge in [0, 0.05) is 33.7 Å². The van der Waals surface area contributed by atoms with Crippen molar-refractivity contribution in [2.24, 2.45) is 10.9 Å². The minimum absolute atomic E-state index is 0. The van der Waals surface area contributed by atoms with Crippen LogP contribution in [0, 0.1) is 5.92 Å². The first-order chi connectivity index (χ1) is 12.1. The monoisotopic (exact) mass is 470 g/mol. The maximum atomic E-state index is 11.8. The van der Waals surface area contributed by atoms with Crippen molar-refractivity contribution in [3.63, 3.8) is 0 Å². The van der Waals surface area contributed by atoms with Gasteiger partial charge in [0.05, 0.1) is 0 Å². The molecule has 0 aromatic heterocycles. The Hall–Kier alpha value is -1.57. The van der Waals surface area contributed by atoms with Gasteiger partial charge < -0.3 is 15.1 Å². The summed E-state index contributed by atoms with van der Waals surface area (Å²) in [4.78, 5) is 20.1. The van der Waals surface area contributed by atoms with Crippen molar-refractivity contribution in [1.29, 1.82) is 0 Å². The second-order valence-electron chi connectivity index (χ2n) is 6.72. The summed E-state index contributed by atoms with van der Waals surface area (Å²) < 4.78 is 0. The van der Waals surface area contributed by atoms with Gasteiger partial charge in [-0.05, 0) is 30.7 Å². The van der Waals surface area contributed by atoms with E-state index in [1.165, 1.54) is 5.56 Å². The van der Waals surface area contributed by atoms with Gasteiger partial charge in [-0.3, -0.25) is 4.79 Å². The highest BCUT2D eigenvalue weighted by atomic mass is 127. The number of likely N-dealkylation sites (tertiary alicyclic amines) is 1. The Bertz CT molecular complexity index is 581. The fraction of sp³-hybridized carbons (Fsp3) is 0.500. The summed E-state index contributed by atoms with van der Waals surface area (Å²) in [5.41, 5.74) is 1.41. The number of nitrogens with one attached hydrogen (secondary N) is 1. The lowest BCUT2D eigenvalue weighted by molar-refractivity contribution is -0.127. The number of guanidine groups is 1. The lowest BCUT2D eigenvalue weighted by Gasteiger charge is -2.34. The van der Waals surface area contributed by atoms with Crippen LogP contribution < -0.4 is 5.32 Å². The number of amides is 1. The average Bonchev–Trinajstić information content (AvgIpc) is 2.63. The Morgan fingerprint density at radius 3 is 2.54 bits per heavy atom. The summed E-state index contributed by atoms with van der Waals surface area (Å²) in [6.45, 7) is 6.52. The van der Waals surface area contributed by atoms with Crippen molar-refractivity contribution >= 4 is 35.8 Å². The summed E-state index contributed by atoms with van der Waals surface area (Å²) >= 11 is 0. The number of nitrogens with zero attached hydrogens (tertiary/aromatic N) is 3. The number of carbonyl (C=O) groups excluding carboxylic acids is 1. The molecule has 2 rings (SSSR count). The van der Waals surface area contributed by atoms with Crippen molar-refractivity contribution in [2.45, 2.75) is 19.3 Å².